The smallest absolute Gasteiger partial charge is 0.229 e. The van der Waals surface area contributed by atoms with Crippen LogP contribution in [0.5, 0.6) is 0 Å². The fourth-order valence-corrected chi connectivity index (χ4v) is 0.855. The highest BCUT2D eigenvalue weighted by atomic mass is 16.3. The third kappa shape index (κ3) is 1.74. The number of ketones is 1. The van der Waals surface area contributed by atoms with Crippen molar-refractivity contribution < 1.29 is 9.21 Å². The Morgan fingerprint density at radius 2 is 2.08 bits per heavy atom. The minimum atomic E-state index is -1.27. The van der Waals surface area contributed by atoms with Crippen molar-refractivity contribution in [3.63, 3.8) is 0 Å². The van der Waals surface area contributed by atoms with E-state index in [1.807, 2.05) is 0 Å². The van der Waals surface area contributed by atoms with Gasteiger partial charge in [0.1, 0.15) is 5.76 Å². The van der Waals surface area contributed by atoms with E-state index in [0.717, 1.165) is 0 Å². The Morgan fingerprint density at radius 3 is 2.46 bits per heavy atom. The Morgan fingerprint density at radius 1 is 1.46 bits per heavy atom. The first-order valence-corrected chi connectivity index (χ1v) is 3.59. The highest BCUT2D eigenvalue weighted by Gasteiger charge is 2.21. The molecule has 0 N–H and O–H groups in total. The van der Waals surface area contributed by atoms with Gasteiger partial charge in [0.25, 0.3) is 0 Å². The van der Waals surface area contributed by atoms with Crippen LogP contribution in [0.25, 0.3) is 0 Å². The van der Waals surface area contributed by atoms with Crippen LogP contribution in [0.1, 0.15) is 16.3 Å². The first kappa shape index (κ1) is 9.02. The number of carbonyl (C=O) groups excluding carboxylic acids is 1. The molecule has 0 unspecified atom stereocenters. The molecule has 1 rings (SSSR count). The first-order chi connectivity index (χ1) is 6.19. The SMILES string of the molecule is Cc1ccc(C(=O)C(C#N)C#N)o1. The summed E-state index contributed by atoms with van der Waals surface area (Å²) in [7, 11) is 0. The van der Waals surface area contributed by atoms with Crippen LogP contribution in [0.15, 0.2) is 16.5 Å². The number of aryl methyl sites for hydroxylation is 1. The van der Waals surface area contributed by atoms with Crippen LogP contribution in [-0.2, 0) is 0 Å². The van der Waals surface area contributed by atoms with Crippen LogP contribution in [0, 0.1) is 35.5 Å². The highest BCUT2D eigenvalue weighted by molar-refractivity contribution is 5.98. The molecule has 1 heterocycles. The molecule has 0 saturated carbocycles. The van der Waals surface area contributed by atoms with Crippen molar-refractivity contribution in [2.45, 2.75) is 6.92 Å². The fraction of sp³-hybridized carbons (Fsp3) is 0.222. The highest BCUT2D eigenvalue weighted by Crippen LogP contribution is 2.11. The van der Waals surface area contributed by atoms with E-state index in [2.05, 4.69) is 0 Å². The zero-order chi connectivity index (χ0) is 9.84. The largest absolute Gasteiger partial charge is 0.458 e. The predicted octanol–water partition coefficient (Wildman–Crippen LogP) is 1.43. The zero-order valence-corrected chi connectivity index (χ0v) is 6.94. The summed E-state index contributed by atoms with van der Waals surface area (Å²) >= 11 is 0. The summed E-state index contributed by atoms with van der Waals surface area (Å²) in [6, 6.07) is 6.25. The maximum atomic E-state index is 11.3. The van der Waals surface area contributed by atoms with Crippen molar-refractivity contribution in [2.75, 3.05) is 0 Å². The van der Waals surface area contributed by atoms with E-state index in [1.165, 1.54) is 6.07 Å². The molecule has 4 heteroatoms. The Hall–Kier alpha value is -2.07. The van der Waals surface area contributed by atoms with Crippen molar-refractivity contribution in [3.05, 3.63) is 23.7 Å². The number of rotatable bonds is 2. The van der Waals surface area contributed by atoms with Gasteiger partial charge in [0.2, 0.25) is 5.78 Å². The van der Waals surface area contributed by atoms with Gasteiger partial charge in [-0.25, -0.2) is 0 Å². The van der Waals surface area contributed by atoms with E-state index >= 15 is 0 Å². The summed E-state index contributed by atoms with van der Waals surface area (Å²) in [5.74, 6) is -1.22. The second-order valence-corrected chi connectivity index (χ2v) is 2.47. The second kappa shape index (κ2) is 3.55. The molecule has 0 aliphatic heterocycles. The lowest BCUT2D eigenvalue weighted by Gasteiger charge is -1.93. The van der Waals surface area contributed by atoms with Crippen LogP contribution < -0.4 is 0 Å². The molecule has 1 aromatic rings. The molecule has 0 amide bonds. The molecule has 4 nitrogen and oxygen atoms in total. The van der Waals surface area contributed by atoms with E-state index in [0.29, 0.717) is 5.76 Å². The molecule has 1 aromatic heterocycles. The molecule has 64 valence electrons. The van der Waals surface area contributed by atoms with Crippen LogP contribution in [-0.4, -0.2) is 5.78 Å². The maximum absolute atomic E-state index is 11.3. The quantitative estimate of drug-likeness (QED) is 0.635. The number of carbonyl (C=O) groups is 1. The number of nitriles is 2. The summed E-state index contributed by atoms with van der Waals surface area (Å²) in [6.07, 6.45) is 0. The van der Waals surface area contributed by atoms with Crippen LogP contribution in [0.2, 0.25) is 0 Å². The first-order valence-electron chi connectivity index (χ1n) is 3.59. The van der Waals surface area contributed by atoms with Gasteiger partial charge in [-0.3, -0.25) is 4.79 Å². The monoisotopic (exact) mass is 174 g/mol. The zero-order valence-electron chi connectivity index (χ0n) is 6.94. The fourth-order valence-electron chi connectivity index (χ4n) is 0.855. The van der Waals surface area contributed by atoms with Gasteiger partial charge in [-0.1, -0.05) is 0 Å². The standard InChI is InChI=1S/C9H6N2O2/c1-6-2-3-8(13-6)9(12)7(4-10)5-11/h2-3,7H,1H3. The second-order valence-electron chi connectivity index (χ2n) is 2.47. The average Bonchev–Trinajstić information content (AvgIpc) is 2.54. The molecule has 0 aliphatic carbocycles. The Kier molecular flexibility index (Phi) is 2.47. The van der Waals surface area contributed by atoms with Crippen molar-refractivity contribution in [2.24, 2.45) is 5.92 Å². The summed E-state index contributed by atoms with van der Waals surface area (Å²) in [5, 5.41) is 16.9. The number of hydrogen-bond donors (Lipinski definition) is 0. The molecule has 0 aromatic carbocycles. The molecular weight excluding hydrogens is 168 g/mol. The third-order valence-corrected chi connectivity index (χ3v) is 1.50. The van der Waals surface area contributed by atoms with Crippen molar-refractivity contribution in [1.82, 2.24) is 0 Å². The van der Waals surface area contributed by atoms with Gasteiger partial charge >= 0.3 is 0 Å². The third-order valence-electron chi connectivity index (χ3n) is 1.50. The summed E-state index contributed by atoms with van der Waals surface area (Å²) < 4.78 is 4.98. The number of furan rings is 1. The van der Waals surface area contributed by atoms with Gasteiger partial charge in [-0.05, 0) is 19.1 Å². The minimum Gasteiger partial charge on any atom is -0.458 e. The van der Waals surface area contributed by atoms with E-state index in [-0.39, 0.29) is 5.76 Å². The van der Waals surface area contributed by atoms with Crippen molar-refractivity contribution >= 4 is 5.78 Å². The summed E-state index contributed by atoms with van der Waals surface area (Å²) in [5.41, 5.74) is 0. The average molecular weight is 174 g/mol. The molecule has 0 radical (unpaired) electrons. The molecule has 0 atom stereocenters. The van der Waals surface area contributed by atoms with E-state index in [9.17, 15) is 4.79 Å². The molecule has 0 spiro atoms. The lowest BCUT2D eigenvalue weighted by molar-refractivity contribution is 0.0942. The lowest BCUT2D eigenvalue weighted by atomic mass is 10.1. The Labute approximate surface area is 75.0 Å². The molecule has 0 aliphatic rings. The molecule has 13 heavy (non-hydrogen) atoms. The van der Waals surface area contributed by atoms with Crippen LogP contribution in [0.4, 0.5) is 0 Å². The molecular formula is C9H6N2O2. The number of hydrogen-bond acceptors (Lipinski definition) is 4. The van der Waals surface area contributed by atoms with Gasteiger partial charge in [-0.15, -0.1) is 0 Å². The van der Waals surface area contributed by atoms with E-state index in [4.69, 9.17) is 14.9 Å². The number of Topliss-reactive ketones (excluding diaryl/α,β-unsaturated/α-hetero) is 1. The normalized spacial score (nSPS) is 9.23. The van der Waals surface area contributed by atoms with Gasteiger partial charge in [-0.2, -0.15) is 10.5 Å². The molecule has 0 fully saturated rings. The van der Waals surface area contributed by atoms with E-state index in [1.54, 1.807) is 25.1 Å². The van der Waals surface area contributed by atoms with Gasteiger partial charge < -0.3 is 4.42 Å². The van der Waals surface area contributed by atoms with Gasteiger partial charge in [0, 0.05) is 0 Å². The van der Waals surface area contributed by atoms with Crippen LogP contribution >= 0.6 is 0 Å². The topological polar surface area (TPSA) is 77.8 Å². The van der Waals surface area contributed by atoms with Crippen molar-refractivity contribution in [3.8, 4) is 12.1 Å². The Balaban J connectivity index is 2.94. The number of nitrogens with zero attached hydrogens (tertiary/aromatic N) is 2. The maximum Gasteiger partial charge on any atom is 0.229 e. The van der Waals surface area contributed by atoms with E-state index < -0.39 is 11.7 Å². The summed E-state index contributed by atoms with van der Waals surface area (Å²) in [6.45, 7) is 1.69. The lowest BCUT2D eigenvalue weighted by Crippen LogP contribution is -2.09. The Bertz CT molecular complexity index is 392. The molecule has 0 bridgehead atoms. The summed E-state index contributed by atoms with van der Waals surface area (Å²) in [4.78, 5) is 11.3. The van der Waals surface area contributed by atoms with Gasteiger partial charge in [0.15, 0.2) is 11.7 Å². The minimum absolute atomic E-state index is 0.0607. The molecule has 0 saturated heterocycles. The van der Waals surface area contributed by atoms with Crippen molar-refractivity contribution in [1.29, 1.82) is 10.5 Å². The predicted molar refractivity (Wildman–Crippen MR) is 42.5 cm³/mol. The van der Waals surface area contributed by atoms with Gasteiger partial charge in [0.05, 0.1) is 12.1 Å². The van der Waals surface area contributed by atoms with Crippen LogP contribution in [0.3, 0.4) is 0 Å².